The van der Waals surface area contributed by atoms with Crippen molar-refractivity contribution < 1.29 is 4.79 Å². The van der Waals surface area contributed by atoms with Crippen LogP contribution >= 0.6 is 23.1 Å². The maximum absolute atomic E-state index is 11.8. The number of imidazole rings is 1. The van der Waals surface area contributed by atoms with E-state index in [0.29, 0.717) is 11.6 Å². The van der Waals surface area contributed by atoms with Crippen molar-refractivity contribution in [2.45, 2.75) is 19.1 Å². The highest BCUT2D eigenvalue weighted by Gasteiger charge is 2.06. The molecule has 0 fully saturated rings. The minimum Gasteiger partial charge on any atom is -0.307 e. The summed E-state index contributed by atoms with van der Waals surface area (Å²) in [6.45, 7) is 1.97. The van der Waals surface area contributed by atoms with Crippen molar-refractivity contribution in [1.29, 1.82) is 0 Å². The first-order valence-electron chi connectivity index (χ1n) is 6.93. The van der Waals surface area contributed by atoms with Gasteiger partial charge in [-0.05, 0) is 19.1 Å². The molecule has 3 heterocycles. The van der Waals surface area contributed by atoms with Crippen LogP contribution in [0.4, 0.5) is 5.13 Å². The third-order valence-corrected chi connectivity index (χ3v) is 4.83. The van der Waals surface area contributed by atoms with Crippen LogP contribution in [0.25, 0.3) is 5.65 Å². The Morgan fingerprint density at radius 3 is 3.14 bits per heavy atom. The standard InChI is InChI=1S/C15H16N4OS2/c1-11-8-16-15(22-11)18-14(20)5-7-21-10-12-9-19-6-3-2-4-13(19)17-12/h2-4,6,8-9H,5,7,10H2,1H3,(H,16,18,20). The number of hydrogen-bond acceptors (Lipinski definition) is 5. The van der Waals surface area contributed by atoms with Crippen LogP contribution < -0.4 is 5.32 Å². The van der Waals surface area contributed by atoms with Crippen LogP contribution in [0.1, 0.15) is 17.0 Å². The topological polar surface area (TPSA) is 59.3 Å². The van der Waals surface area contributed by atoms with Crippen molar-refractivity contribution in [3.63, 3.8) is 0 Å². The third-order valence-electron chi connectivity index (χ3n) is 3.00. The lowest BCUT2D eigenvalue weighted by molar-refractivity contribution is -0.115. The lowest BCUT2D eigenvalue weighted by Gasteiger charge is -2.01. The minimum atomic E-state index is 0.0110. The number of carbonyl (C=O) groups is 1. The van der Waals surface area contributed by atoms with Gasteiger partial charge in [-0.3, -0.25) is 4.79 Å². The van der Waals surface area contributed by atoms with Gasteiger partial charge in [0.15, 0.2) is 5.13 Å². The van der Waals surface area contributed by atoms with Crippen molar-refractivity contribution in [2.75, 3.05) is 11.1 Å². The first-order valence-corrected chi connectivity index (χ1v) is 8.90. The van der Waals surface area contributed by atoms with Crippen LogP contribution in [0.5, 0.6) is 0 Å². The summed E-state index contributed by atoms with van der Waals surface area (Å²) in [4.78, 5) is 21.5. The van der Waals surface area contributed by atoms with Gasteiger partial charge in [0, 0.05) is 41.4 Å². The second kappa shape index (κ2) is 6.93. The molecule has 0 saturated carbocycles. The maximum atomic E-state index is 11.8. The molecule has 7 heteroatoms. The van der Waals surface area contributed by atoms with E-state index in [1.165, 1.54) is 11.3 Å². The van der Waals surface area contributed by atoms with Crippen LogP contribution in [0, 0.1) is 6.92 Å². The molecule has 114 valence electrons. The number of fused-ring (bicyclic) bond motifs is 1. The van der Waals surface area contributed by atoms with E-state index in [1.54, 1.807) is 18.0 Å². The molecule has 0 atom stereocenters. The molecule has 1 N–H and O–H groups in total. The average molecular weight is 332 g/mol. The molecule has 0 aliphatic rings. The Bertz CT molecular complexity index is 748. The second-order valence-electron chi connectivity index (χ2n) is 4.83. The third kappa shape index (κ3) is 3.86. The Labute approximate surface area is 136 Å². The van der Waals surface area contributed by atoms with Crippen LogP contribution in [-0.2, 0) is 10.5 Å². The van der Waals surface area contributed by atoms with Crippen molar-refractivity contribution in [3.8, 4) is 0 Å². The molecule has 0 spiro atoms. The first-order chi connectivity index (χ1) is 10.7. The predicted octanol–water partition coefficient (Wildman–Crippen LogP) is 3.36. The van der Waals surface area contributed by atoms with Crippen LogP contribution in [0.15, 0.2) is 36.8 Å². The van der Waals surface area contributed by atoms with Crippen LogP contribution in [-0.4, -0.2) is 26.0 Å². The zero-order valence-corrected chi connectivity index (χ0v) is 13.8. The molecular weight excluding hydrogens is 316 g/mol. The van der Waals surface area contributed by atoms with Gasteiger partial charge in [0.1, 0.15) is 5.65 Å². The number of hydrogen-bond donors (Lipinski definition) is 1. The monoisotopic (exact) mass is 332 g/mol. The Morgan fingerprint density at radius 1 is 1.45 bits per heavy atom. The fourth-order valence-corrected chi connectivity index (χ4v) is 3.50. The summed E-state index contributed by atoms with van der Waals surface area (Å²) in [5.41, 5.74) is 1.99. The number of amides is 1. The Hall–Kier alpha value is -1.86. The highest BCUT2D eigenvalue weighted by molar-refractivity contribution is 7.98. The number of carbonyl (C=O) groups excluding carboxylic acids is 1. The largest absolute Gasteiger partial charge is 0.307 e. The Kier molecular flexibility index (Phi) is 4.74. The summed E-state index contributed by atoms with van der Waals surface area (Å²) in [6.07, 6.45) is 6.26. The van der Waals surface area contributed by atoms with E-state index in [-0.39, 0.29) is 5.91 Å². The number of anilines is 1. The maximum Gasteiger partial charge on any atom is 0.226 e. The minimum absolute atomic E-state index is 0.0110. The van der Waals surface area contributed by atoms with E-state index >= 15 is 0 Å². The molecule has 1 amide bonds. The van der Waals surface area contributed by atoms with Gasteiger partial charge in [0.25, 0.3) is 0 Å². The molecule has 5 nitrogen and oxygen atoms in total. The number of nitrogens with zero attached hydrogens (tertiary/aromatic N) is 3. The number of rotatable bonds is 6. The molecule has 0 radical (unpaired) electrons. The molecule has 0 aromatic carbocycles. The molecule has 22 heavy (non-hydrogen) atoms. The van der Waals surface area contributed by atoms with Gasteiger partial charge >= 0.3 is 0 Å². The van der Waals surface area contributed by atoms with Gasteiger partial charge in [0.2, 0.25) is 5.91 Å². The Morgan fingerprint density at radius 2 is 2.36 bits per heavy atom. The van der Waals surface area contributed by atoms with E-state index in [4.69, 9.17) is 0 Å². The molecule has 0 unspecified atom stereocenters. The molecule has 3 rings (SSSR count). The molecule has 0 aliphatic carbocycles. The number of aryl methyl sites for hydroxylation is 1. The summed E-state index contributed by atoms with van der Waals surface area (Å²) in [6, 6.07) is 5.94. The predicted molar refractivity (Wildman–Crippen MR) is 91.5 cm³/mol. The summed E-state index contributed by atoms with van der Waals surface area (Å²) in [5, 5.41) is 3.49. The normalized spacial score (nSPS) is 11.0. The van der Waals surface area contributed by atoms with Crippen LogP contribution in [0.3, 0.4) is 0 Å². The van der Waals surface area contributed by atoms with Crippen molar-refractivity contribution in [2.24, 2.45) is 0 Å². The quantitative estimate of drug-likeness (QED) is 0.703. The molecule has 0 saturated heterocycles. The van der Waals surface area contributed by atoms with E-state index in [1.807, 2.05) is 41.9 Å². The van der Waals surface area contributed by atoms with E-state index in [9.17, 15) is 4.79 Å². The zero-order chi connectivity index (χ0) is 15.4. The van der Waals surface area contributed by atoms with Crippen molar-refractivity contribution in [3.05, 3.63) is 47.4 Å². The number of aromatic nitrogens is 3. The molecule has 3 aromatic rings. The van der Waals surface area contributed by atoms with Gasteiger partial charge in [0.05, 0.1) is 5.69 Å². The number of nitrogens with one attached hydrogen (secondary N) is 1. The number of thioether (sulfide) groups is 1. The average Bonchev–Trinajstić information content (AvgIpc) is 3.09. The number of pyridine rings is 1. The highest BCUT2D eigenvalue weighted by atomic mass is 32.2. The van der Waals surface area contributed by atoms with E-state index in [2.05, 4.69) is 15.3 Å². The molecule has 0 aliphatic heterocycles. The molecular formula is C15H16N4OS2. The van der Waals surface area contributed by atoms with Crippen LogP contribution in [0.2, 0.25) is 0 Å². The van der Waals surface area contributed by atoms with E-state index < -0.39 is 0 Å². The van der Waals surface area contributed by atoms with Gasteiger partial charge < -0.3 is 9.72 Å². The van der Waals surface area contributed by atoms with E-state index in [0.717, 1.165) is 27.7 Å². The Balaban J connectivity index is 1.42. The molecule has 0 bridgehead atoms. The summed E-state index contributed by atoms with van der Waals surface area (Å²) < 4.78 is 2.01. The molecule has 3 aromatic heterocycles. The fourth-order valence-electron chi connectivity index (χ4n) is 1.99. The van der Waals surface area contributed by atoms with Gasteiger partial charge in [-0.1, -0.05) is 6.07 Å². The summed E-state index contributed by atoms with van der Waals surface area (Å²) in [5.74, 6) is 1.59. The van der Waals surface area contributed by atoms with Gasteiger partial charge in [-0.15, -0.1) is 11.3 Å². The fraction of sp³-hybridized carbons (Fsp3) is 0.267. The van der Waals surface area contributed by atoms with Gasteiger partial charge in [-0.2, -0.15) is 11.8 Å². The number of thiazole rings is 1. The lowest BCUT2D eigenvalue weighted by atomic mass is 10.5. The second-order valence-corrected chi connectivity index (χ2v) is 7.17. The smallest absolute Gasteiger partial charge is 0.226 e. The van der Waals surface area contributed by atoms with Crippen molar-refractivity contribution in [1.82, 2.24) is 14.4 Å². The highest BCUT2D eigenvalue weighted by Crippen LogP contribution is 2.17. The lowest BCUT2D eigenvalue weighted by Crippen LogP contribution is -2.11. The zero-order valence-electron chi connectivity index (χ0n) is 12.2. The van der Waals surface area contributed by atoms with Gasteiger partial charge in [-0.25, -0.2) is 9.97 Å². The SMILES string of the molecule is Cc1cnc(NC(=O)CCSCc2cn3ccccc3n2)s1. The first kappa shape index (κ1) is 15.1. The summed E-state index contributed by atoms with van der Waals surface area (Å²) in [7, 11) is 0. The summed E-state index contributed by atoms with van der Waals surface area (Å²) >= 11 is 3.20. The van der Waals surface area contributed by atoms with Crippen molar-refractivity contribution >= 4 is 39.8 Å².